The van der Waals surface area contributed by atoms with Gasteiger partial charge in [0.05, 0.1) is 11.8 Å². The van der Waals surface area contributed by atoms with Crippen LogP contribution in [0, 0.1) is 22.0 Å². The second kappa shape index (κ2) is 3.25. The summed E-state index contributed by atoms with van der Waals surface area (Å²) in [6.45, 7) is 0. The van der Waals surface area contributed by atoms with E-state index in [2.05, 4.69) is 15.9 Å². The molecule has 4 aliphatic carbocycles. The first kappa shape index (κ1) is 11.1. The molecule has 2 unspecified atom stereocenters. The maximum Gasteiger partial charge on any atom is 0.177 e. The Morgan fingerprint density at radius 2 is 1.88 bits per heavy atom. The Labute approximate surface area is 108 Å². The molecule has 0 aromatic carbocycles. The minimum Gasteiger partial charge on any atom is -0.234 e. The quantitative estimate of drug-likeness (QED) is 0.341. The van der Waals surface area contributed by atoms with E-state index in [0.29, 0.717) is 11.8 Å². The molecule has 0 radical (unpaired) electrons. The maximum absolute atomic E-state index is 10.9. The summed E-state index contributed by atoms with van der Waals surface area (Å²) >= 11 is 9.71. The summed E-state index contributed by atoms with van der Waals surface area (Å²) in [6, 6.07) is 0. The maximum atomic E-state index is 10.9. The molecule has 4 bridgehead atoms. The van der Waals surface area contributed by atoms with Crippen molar-refractivity contribution in [3.63, 3.8) is 0 Å². The molecule has 4 rings (SSSR count). The molecule has 2 atom stereocenters. The largest absolute Gasteiger partial charge is 0.234 e. The predicted octanol–water partition coefficient (Wildman–Crippen LogP) is 3.12. The van der Waals surface area contributed by atoms with Crippen molar-refractivity contribution >= 4 is 27.7 Å². The van der Waals surface area contributed by atoms with Crippen LogP contribution in [0.2, 0.25) is 0 Å². The van der Waals surface area contributed by atoms with Gasteiger partial charge < -0.3 is 0 Å². The molecule has 0 amide bonds. The molecule has 90 valence electrons. The lowest BCUT2D eigenvalue weighted by molar-refractivity contribution is -0.644. The van der Waals surface area contributed by atoms with Crippen LogP contribution >= 0.6 is 27.7 Å². The van der Waals surface area contributed by atoms with Gasteiger partial charge in [0, 0.05) is 4.32 Å². The van der Waals surface area contributed by atoms with Crippen molar-refractivity contribution < 1.29 is 5.03 Å². The molecule has 0 saturated heterocycles. The van der Waals surface area contributed by atoms with Gasteiger partial charge in [0.2, 0.25) is 0 Å². The van der Waals surface area contributed by atoms with Gasteiger partial charge in [0.25, 0.3) is 0 Å². The van der Waals surface area contributed by atoms with Crippen LogP contribution in [0.15, 0.2) is 0 Å². The lowest BCUT2D eigenvalue weighted by Gasteiger charge is -2.59. The van der Waals surface area contributed by atoms with Crippen LogP contribution in [0.4, 0.5) is 0 Å². The van der Waals surface area contributed by atoms with E-state index < -0.39 is 10.6 Å². The van der Waals surface area contributed by atoms with Crippen LogP contribution in [0.1, 0.15) is 38.5 Å². The number of hydrogen-bond donors (Lipinski definition) is 0. The van der Waals surface area contributed by atoms with E-state index in [0.717, 1.165) is 36.6 Å². The van der Waals surface area contributed by atoms with Crippen molar-refractivity contribution in [2.24, 2.45) is 11.8 Å². The number of nitro groups is 1. The Morgan fingerprint density at radius 1 is 1.31 bits per heavy atom. The van der Waals surface area contributed by atoms with Crippen LogP contribution < -0.4 is 0 Å². The van der Waals surface area contributed by atoms with E-state index in [-0.39, 0.29) is 4.32 Å². The van der Waals surface area contributed by atoms with Gasteiger partial charge in [-0.3, -0.25) is 0 Å². The Bertz CT molecular complexity index is 338. The van der Waals surface area contributed by atoms with Gasteiger partial charge in [-0.05, 0) is 54.9 Å². The number of alkyl halides is 1. The molecule has 0 aromatic rings. The monoisotopic (exact) mass is 308 g/mol. The molecule has 4 fully saturated rings. The first-order valence-corrected chi connectivity index (χ1v) is 6.85. The number of hydrazine groups is 1. The summed E-state index contributed by atoms with van der Waals surface area (Å²) in [4.78, 5) is 10.9. The number of halogens is 2. The molecule has 6 heteroatoms. The van der Waals surface area contributed by atoms with Crippen LogP contribution in [0.5, 0.6) is 0 Å². The predicted molar refractivity (Wildman–Crippen MR) is 63.8 cm³/mol. The summed E-state index contributed by atoms with van der Waals surface area (Å²) < 4.78 is 0.987. The third-order valence-corrected chi connectivity index (χ3v) is 5.90. The zero-order chi connectivity index (χ0) is 11.6. The Kier molecular flexibility index (Phi) is 2.25. The molecule has 0 heterocycles. The van der Waals surface area contributed by atoms with E-state index >= 15 is 0 Å². The number of hydrogen-bond acceptors (Lipinski definition) is 2. The minimum absolute atomic E-state index is 0.111. The highest BCUT2D eigenvalue weighted by atomic mass is 79.9. The molecule has 4 nitrogen and oxygen atoms in total. The van der Waals surface area contributed by atoms with E-state index in [9.17, 15) is 10.1 Å². The van der Waals surface area contributed by atoms with Gasteiger partial charge in [-0.25, -0.2) is 10.1 Å². The summed E-state index contributed by atoms with van der Waals surface area (Å²) in [5, 5.41) is 10.5. The molecule has 16 heavy (non-hydrogen) atoms. The highest BCUT2D eigenvalue weighted by Gasteiger charge is 2.62. The minimum atomic E-state index is -0.453. The van der Waals surface area contributed by atoms with Gasteiger partial charge in [0.1, 0.15) is 5.54 Å². The molecule has 4 aliphatic rings. The standard InChI is InChI=1S/C10H14BrClN2O2/c11-9-2-7-1-8(3-9)5-10(4-7,6-9)13(12)14(15)16/h7-8H,1-6H2. The van der Waals surface area contributed by atoms with Crippen molar-refractivity contribution in [2.45, 2.75) is 48.4 Å². The lowest BCUT2D eigenvalue weighted by atomic mass is 9.53. The molecular formula is C10H14BrClN2O2. The SMILES string of the molecule is O=[N+]([O-])N(Cl)C12CC3CC(CC(Br)(C3)C1)C2. The normalized spacial score (nSPS) is 49.4. The fraction of sp³-hybridized carbons (Fsp3) is 1.00. The van der Waals surface area contributed by atoms with E-state index in [4.69, 9.17) is 11.8 Å². The van der Waals surface area contributed by atoms with Crippen LogP contribution in [-0.4, -0.2) is 19.4 Å². The van der Waals surface area contributed by atoms with Crippen molar-refractivity contribution in [3.8, 4) is 0 Å². The fourth-order valence-electron chi connectivity index (χ4n) is 4.49. The van der Waals surface area contributed by atoms with Gasteiger partial charge >= 0.3 is 0 Å². The second-order valence-corrected chi connectivity index (χ2v) is 7.84. The van der Waals surface area contributed by atoms with Crippen molar-refractivity contribution in [1.29, 1.82) is 0 Å². The van der Waals surface area contributed by atoms with E-state index in [1.165, 1.54) is 6.42 Å². The van der Waals surface area contributed by atoms with Gasteiger partial charge in [-0.1, -0.05) is 15.9 Å². The fourth-order valence-corrected chi connectivity index (χ4v) is 6.13. The Balaban J connectivity index is 1.94. The van der Waals surface area contributed by atoms with Gasteiger partial charge in [-0.2, -0.15) is 0 Å². The smallest absolute Gasteiger partial charge is 0.177 e. The molecule has 4 saturated carbocycles. The molecule has 0 aliphatic heterocycles. The third-order valence-electron chi connectivity index (χ3n) is 4.49. The average Bonchev–Trinajstić information content (AvgIpc) is 2.12. The Morgan fingerprint density at radius 3 is 2.31 bits per heavy atom. The summed E-state index contributed by atoms with van der Waals surface area (Å²) in [7, 11) is 0. The van der Waals surface area contributed by atoms with Gasteiger partial charge in [-0.15, -0.1) is 0 Å². The first-order chi connectivity index (χ1) is 7.42. The zero-order valence-corrected chi connectivity index (χ0v) is 11.2. The third kappa shape index (κ3) is 1.47. The van der Waals surface area contributed by atoms with Crippen molar-refractivity contribution in [2.75, 3.05) is 0 Å². The number of nitrogens with zero attached hydrogens (tertiary/aromatic N) is 2. The zero-order valence-electron chi connectivity index (χ0n) is 8.86. The Hall–Kier alpha value is -0.0300. The highest BCUT2D eigenvalue weighted by molar-refractivity contribution is 9.10. The molecule has 0 N–H and O–H groups in total. The topological polar surface area (TPSA) is 46.4 Å². The van der Waals surface area contributed by atoms with Crippen LogP contribution in [0.25, 0.3) is 0 Å². The van der Waals surface area contributed by atoms with Crippen LogP contribution in [-0.2, 0) is 0 Å². The van der Waals surface area contributed by atoms with Crippen molar-refractivity contribution in [1.82, 2.24) is 4.53 Å². The van der Waals surface area contributed by atoms with Crippen molar-refractivity contribution in [3.05, 3.63) is 10.1 Å². The molecule has 0 aromatic heterocycles. The second-order valence-electron chi connectivity index (χ2n) is 5.83. The summed E-state index contributed by atoms with van der Waals surface area (Å²) in [6.07, 6.45) is 6.15. The van der Waals surface area contributed by atoms with E-state index in [1.807, 2.05) is 0 Å². The summed E-state index contributed by atoms with van der Waals surface area (Å²) in [5.74, 6) is 1.23. The highest BCUT2D eigenvalue weighted by Crippen LogP contribution is 2.62. The van der Waals surface area contributed by atoms with E-state index in [1.54, 1.807) is 0 Å². The molecular weight excluding hydrogens is 295 g/mol. The number of rotatable bonds is 2. The first-order valence-electron chi connectivity index (χ1n) is 5.72. The average molecular weight is 310 g/mol. The lowest BCUT2D eigenvalue weighted by Crippen LogP contribution is -2.62. The van der Waals surface area contributed by atoms with Gasteiger partial charge in [0.15, 0.2) is 5.03 Å². The summed E-state index contributed by atoms with van der Waals surface area (Å²) in [5.41, 5.74) is -0.404. The molecule has 0 spiro atoms. The van der Waals surface area contributed by atoms with Crippen LogP contribution in [0.3, 0.4) is 0 Å².